The van der Waals surface area contributed by atoms with Crippen molar-refractivity contribution in [3.8, 4) is 17.5 Å². The Kier molecular flexibility index (Phi) is 6.11. The molecule has 0 unspecified atom stereocenters. The second kappa shape index (κ2) is 9.29. The molecule has 8 nitrogen and oxygen atoms in total. The molecule has 1 amide bonds. The van der Waals surface area contributed by atoms with Crippen LogP contribution in [0.4, 0.5) is 0 Å². The van der Waals surface area contributed by atoms with E-state index < -0.39 is 0 Å². The van der Waals surface area contributed by atoms with Gasteiger partial charge in [0.1, 0.15) is 0 Å². The minimum atomic E-state index is 0.108. The highest BCUT2D eigenvalue weighted by molar-refractivity contribution is 5.76. The molecule has 8 heteroatoms. The monoisotopic (exact) mass is 402 g/mol. The van der Waals surface area contributed by atoms with Gasteiger partial charge < -0.3 is 9.42 Å². The van der Waals surface area contributed by atoms with Crippen molar-refractivity contribution >= 4 is 5.91 Å². The summed E-state index contributed by atoms with van der Waals surface area (Å²) in [7, 11) is 0. The lowest BCUT2D eigenvalue weighted by atomic mass is 10.1. The van der Waals surface area contributed by atoms with Gasteiger partial charge in [-0.3, -0.25) is 14.7 Å². The average molecular weight is 402 g/mol. The van der Waals surface area contributed by atoms with Crippen LogP contribution in [0, 0.1) is 11.3 Å². The molecule has 3 aromatic rings. The number of aromatic nitrogens is 3. The first kappa shape index (κ1) is 19.7. The number of amides is 1. The first-order valence-electron chi connectivity index (χ1n) is 9.93. The summed E-state index contributed by atoms with van der Waals surface area (Å²) in [5.74, 6) is 1.09. The lowest BCUT2D eigenvalue weighted by Gasteiger charge is -2.34. The molecule has 30 heavy (non-hydrogen) atoms. The molecule has 0 spiro atoms. The van der Waals surface area contributed by atoms with Crippen LogP contribution in [0.3, 0.4) is 0 Å². The summed E-state index contributed by atoms with van der Waals surface area (Å²) in [5, 5.41) is 12.9. The number of benzene rings is 1. The molecule has 1 aliphatic heterocycles. The van der Waals surface area contributed by atoms with Gasteiger partial charge in [-0.05, 0) is 29.8 Å². The quantitative estimate of drug-likeness (QED) is 0.624. The van der Waals surface area contributed by atoms with Crippen molar-refractivity contribution in [3.63, 3.8) is 0 Å². The van der Waals surface area contributed by atoms with E-state index >= 15 is 0 Å². The van der Waals surface area contributed by atoms with Crippen LogP contribution < -0.4 is 0 Å². The van der Waals surface area contributed by atoms with Crippen molar-refractivity contribution in [3.05, 3.63) is 65.8 Å². The van der Waals surface area contributed by atoms with Crippen LogP contribution in [0.1, 0.15) is 23.4 Å². The fourth-order valence-electron chi connectivity index (χ4n) is 3.44. The summed E-state index contributed by atoms with van der Waals surface area (Å²) >= 11 is 0. The Labute approximate surface area is 174 Å². The average Bonchev–Trinajstić information content (AvgIpc) is 3.28. The molecule has 1 aliphatic rings. The molecule has 0 bridgehead atoms. The number of nitriles is 1. The van der Waals surface area contributed by atoms with E-state index in [2.05, 4.69) is 26.1 Å². The van der Waals surface area contributed by atoms with Gasteiger partial charge in [0, 0.05) is 63.5 Å². The van der Waals surface area contributed by atoms with E-state index in [1.807, 2.05) is 41.3 Å². The van der Waals surface area contributed by atoms with Crippen molar-refractivity contribution < 1.29 is 9.32 Å². The summed E-state index contributed by atoms with van der Waals surface area (Å²) in [6.07, 6.45) is 4.14. The zero-order valence-electron chi connectivity index (χ0n) is 16.6. The van der Waals surface area contributed by atoms with Gasteiger partial charge in [-0.25, -0.2) is 0 Å². The largest absolute Gasteiger partial charge is 0.340 e. The SMILES string of the molecule is N#Cc1ccc(CN2CCN(C(=O)CCc3nc(-c4ccncc4)no3)CC2)cc1. The third-order valence-corrected chi connectivity index (χ3v) is 5.17. The van der Waals surface area contributed by atoms with Gasteiger partial charge >= 0.3 is 0 Å². The van der Waals surface area contributed by atoms with Gasteiger partial charge in [-0.1, -0.05) is 17.3 Å². The van der Waals surface area contributed by atoms with E-state index in [0.29, 0.717) is 43.2 Å². The highest BCUT2D eigenvalue weighted by atomic mass is 16.5. The Hall–Kier alpha value is -3.57. The molecule has 2 aromatic heterocycles. The van der Waals surface area contributed by atoms with Crippen LogP contribution in [0.15, 0.2) is 53.3 Å². The van der Waals surface area contributed by atoms with Gasteiger partial charge in [-0.15, -0.1) is 0 Å². The number of hydrogen-bond donors (Lipinski definition) is 0. The van der Waals surface area contributed by atoms with Crippen LogP contribution in [-0.4, -0.2) is 57.0 Å². The fourth-order valence-corrected chi connectivity index (χ4v) is 3.44. The lowest BCUT2D eigenvalue weighted by Crippen LogP contribution is -2.48. The van der Waals surface area contributed by atoms with Crippen LogP contribution in [0.25, 0.3) is 11.4 Å². The standard InChI is InChI=1S/C22H22N6O2/c23-15-17-1-3-18(4-2-17)16-27-11-13-28(14-12-27)21(29)6-5-20-25-22(26-30-20)19-7-9-24-10-8-19/h1-4,7-10H,5-6,11-14,16H2. The van der Waals surface area contributed by atoms with E-state index in [1.165, 1.54) is 5.56 Å². The number of carbonyl (C=O) groups is 1. The van der Waals surface area contributed by atoms with Crippen LogP contribution in [-0.2, 0) is 17.8 Å². The van der Waals surface area contributed by atoms with Gasteiger partial charge in [0.25, 0.3) is 0 Å². The maximum absolute atomic E-state index is 12.6. The number of carbonyl (C=O) groups excluding carboxylic acids is 1. The van der Waals surface area contributed by atoms with Gasteiger partial charge in [0.2, 0.25) is 17.6 Å². The molecular formula is C22H22N6O2. The molecule has 0 radical (unpaired) electrons. The zero-order chi connectivity index (χ0) is 20.8. The molecule has 0 N–H and O–H groups in total. The molecule has 1 fully saturated rings. The zero-order valence-corrected chi connectivity index (χ0v) is 16.6. The maximum atomic E-state index is 12.6. The molecule has 0 atom stereocenters. The molecule has 1 aromatic carbocycles. The molecule has 3 heterocycles. The van der Waals surface area contributed by atoms with Gasteiger partial charge in [0.15, 0.2) is 0 Å². The number of pyridine rings is 1. The summed E-state index contributed by atoms with van der Waals surface area (Å²) in [4.78, 5) is 25.1. The molecule has 0 saturated carbocycles. The third-order valence-electron chi connectivity index (χ3n) is 5.17. The Morgan fingerprint density at radius 1 is 1.07 bits per heavy atom. The molecular weight excluding hydrogens is 380 g/mol. The second-order valence-corrected chi connectivity index (χ2v) is 7.21. The van der Waals surface area contributed by atoms with Crippen molar-refractivity contribution in [2.24, 2.45) is 0 Å². The Balaban J connectivity index is 1.23. The highest BCUT2D eigenvalue weighted by Gasteiger charge is 2.21. The van der Waals surface area contributed by atoms with E-state index in [9.17, 15) is 4.79 Å². The van der Waals surface area contributed by atoms with Crippen LogP contribution >= 0.6 is 0 Å². The maximum Gasteiger partial charge on any atom is 0.227 e. The Bertz CT molecular complexity index is 1020. The van der Waals surface area contributed by atoms with Crippen molar-refractivity contribution in [2.75, 3.05) is 26.2 Å². The minimum absolute atomic E-state index is 0.108. The number of rotatable bonds is 6. The highest BCUT2D eigenvalue weighted by Crippen LogP contribution is 2.15. The number of piperazine rings is 1. The predicted molar refractivity (Wildman–Crippen MR) is 109 cm³/mol. The summed E-state index contributed by atoms with van der Waals surface area (Å²) in [5.41, 5.74) is 2.68. The third kappa shape index (κ3) is 4.88. The molecule has 0 aliphatic carbocycles. The predicted octanol–water partition coefficient (Wildman–Crippen LogP) is 2.28. The normalized spacial score (nSPS) is 14.4. The van der Waals surface area contributed by atoms with E-state index in [4.69, 9.17) is 9.78 Å². The van der Waals surface area contributed by atoms with E-state index in [0.717, 1.165) is 25.2 Å². The second-order valence-electron chi connectivity index (χ2n) is 7.21. The lowest BCUT2D eigenvalue weighted by molar-refractivity contribution is -0.133. The number of nitrogens with zero attached hydrogens (tertiary/aromatic N) is 6. The fraction of sp³-hybridized carbons (Fsp3) is 0.318. The molecule has 1 saturated heterocycles. The van der Waals surface area contributed by atoms with Crippen molar-refractivity contribution in [2.45, 2.75) is 19.4 Å². The van der Waals surface area contributed by atoms with Crippen LogP contribution in [0.2, 0.25) is 0 Å². The number of hydrogen-bond acceptors (Lipinski definition) is 7. The minimum Gasteiger partial charge on any atom is -0.340 e. The Morgan fingerprint density at radius 3 is 2.50 bits per heavy atom. The van der Waals surface area contributed by atoms with Gasteiger partial charge in [-0.2, -0.15) is 10.2 Å². The smallest absolute Gasteiger partial charge is 0.227 e. The molecule has 4 rings (SSSR count). The summed E-state index contributed by atoms with van der Waals surface area (Å²) in [6.45, 7) is 3.91. The topological polar surface area (TPSA) is 99.2 Å². The summed E-state index contributed by atoms with van der Waals surface area (Å²) in [6, 6.07) is 13.4. The summed E-state index contributed by atoms with van der Waals surface area (Å²) < 4.78 is 5.28. The first-order chi connectivity index (χ1) is 14.7. The first-order valence-corrected chi connectivity index (χ1v) is 9.93. The number of aryl methyl sites for hydroxylation is 1. The van der Waals surface area contributed by atoms with Crippen molar-refractivity contribution in [1.29, 1.82) is 5.26 Å². The van der Waals surface area contributed by atoms with E-state index in [1.54, 1.807) is 12.4 Å². The Morgan fingerprint density at radius 2 is 1.80 bits per heavy atom. The molecule has 152 valence electrons. The van der Waals surface area contributed by atoms with Crippen LogP contribution in [0.5, 0.6) is 0 Å². The van der Waals surface area contributed by atoms with Gasteiger partial charge in [0.05, 0.1) is 11.6 Å². The van der Waals surface area contributed by atoms with Crippen molar-refractivity contribution in [1.82, 2.24) is 24.9 Å². The van der Waals surface area contributed by atoms with E-state index in [-0.39, 0.29) is 5.91 Å².